The summed E-state index contributed by atoms with van der Waals surface area (Å²) >= 11 is 0. The van der Waals surface area contributed by atoms with E-state index in [2.05, 4.69) is 35.9 Å². The lowest BCUT2D eigenvalue weighted by Gasteiger charge is -2.30. The zero-order chi connectivity index (χ0) is 43.8. The molecule has 1 unspecified atom stereocenters. The maximum Gasteiger partial charge on any atom is 0.326 e. The van der Waals surface area contributed by atoms with E-state index < -0.39 is 53.3 Å². The van der Waals surface area contributed by atoms with Gasteiger partial charge in [0.2, 0.25) is 11.9 Å². The molecule has 4 rings (SSSR count). The molecule has 1 aliphatic heterocycles. The van der Waals surface area contributed by atoms with Crippen LogP contribution in [0.1, 0.15) is 54.6 Å². The Hall–Kier alpha value is -6.59. The molecule has 2 atom stereocenters. The van der Waals surface area contributed by atoms with Gasteiger partial charge >= 0.3 is 23.9 Å². The number of nitrogens with zero attached hydrogens (tertiary/aromatic N) is 6. The van der Waals surface area contributed by atoms with Crippen molar-refractivity contribution in [1.29, 1.82) is 0 Å². The molecule has 2 aromatic heterocycles. The number of nitrogens with two attached hydrogens (primary N) is 1. The SMILES string of the molecule is Nc1nc2ncc(CNc3ccc(C(=O)N[C@@H](CCC(=O)NCCCC(=O)CCC(C(=O)O)N4CCN(CC(=O)O)CCN(CC(=O)O)CC4)C(=O)O)cc3)nc2c(=O)[nH]1. The first-order chi connectivity index (χ1) is 28.6. The van der Waals surface area contributed by atoms with E-state index in [1.807, 2.05) is 0 Å². The summed E-state index contributed by atoms with van der Waals surface area (Å²) in [4.78, 5) is 116. The van der Waals surface area contributed by atoms with Gasteiger partial charge in [0, 0.05) is 76.3 Å². The highest BCUT2D eigenvalue weighted by Crippen LogP contribution is 2.14. The number of rotatable bonds is 22. The maximum atomic E-state index is 12.8. The predicted molar refractivity (Wildman–Crippen MR) is 212 cm³/mol. The molecular weight excluding hydrogens is 790 g/mol. The van der Waals surface area contributed by atoms with Crippen molar-refractivity contribution in [3.05, 3.63) is 52.1 Å². The van der Waals surface area contributed by atoms with E-state index >= 15 is 0 Å². The number of aromatic amines is 1. The van der Waals surface area contributed by atoms with Crippen molar-refractivity contribution in [3.8, 4) is 0 Å². The molecule has 3 heterocycles. The van der Waals surface area contributed by atoms with Crippen molar-refractivity contribution in [2.24, 2.45) is 0 Å². The third kappa shape index (κ3) is 15.0. The van der Waals surface area contributed by atoms with Gasteiger partial charge in [0.15, 0.2) is 11.2 Å². The Kier molecular flexibility index (Phi) is 17.3. The average molecular weight is 840 g/mol. The average Bonchev–Trinajstić information content (AvgIpc) is 3.27. The zero-order valence-corrected chi connectivity index (χ0v) is 32.7. The van der Waals surface area contributed by atoms with Gasteiger partial charge in [-0.25, -0.2) is 14.8 Å². The summed E-state index contributed by atoms with van der Waals surface area (Å²) in [5.41, 5.74) is 6.32. The molecule has 23 heteroatoms. The van der Waals surface area contributed by atoms with Crippen LogP contribution in [-0.2, 0) is 35.3 Å². The monoisotopic (exact) mass is 839 g/mol. The molecule has 0 aliphatic carbocycles. The summed E-state index contributed by atoms with van der Waals surface area (Å²) in [6.07, 6.45) is 1.18. The van der Waals surface area contributed by atoms with Gasteiger partial charge in [0.1, 0.15) is 17.9 Å². The van der Waals surface area contributed by atoms with Gasteiger partial charge < -0.3 is 42.1 Å². The molecular formula is C37H49N11O12. The first kappa shape index (κ1) is 46.1. The Morgan fingerprint density at radius 2 is 1.43 bits per heavy atom. The van der Waals surface area contributed by atoms with Gasteiger partial charge in [-0.2, -0.15) is 4.98 Å². The maximum absolute atomic E-state index is 12.8. The lowest BCUT2D eigenvalue weighted by Crippen LogP contribution is -2.47. The molecule has 1 saturated heterocycles. The summed E-state index contributed by atoms with van der Waals surface area (Å²) in [5, 5.41) is 46.3. The van der Waals surface area contributed by atoms with Crippen LogP contribution < -0.4 is 27.2 Å². The smallest absolute Gasteiger partial charge is 0.326 e. The third-order valence-electron chi connectivity index (χ3n) is 9.60. The number of carboxylic acids is 4. The first-order valence-electron chi connectivity index (χ1n) is 19.1. The largest absolute Gasteiger partial charge is 0.480 e. The molecule has 10 N–H and O–H groups in total. The molecule has 0 radical (unpaired) electrons. The second-order valence-corrected chi connectivity index (χ2v) is 14.1. The normalized spacial score (nSPS) is 15.1. The predicted octanol–water partition coefficient (Wildman–Crippen LogP) is -1.34. The minimum absolute atomic E-state index is 0.0248. The fraction of sp³-hybridized carbons (Fsp3) is 0.486. The number of amides is 2. The van der Waals surface area contributed by atoms with Gasteiger partial charge in [-0.3, -0.25) is 53.2 Å². The Balaban J connectivity index is 1.17. The van der Waals surface area contributed by atoms with Crippen LogP contribution >= 0.6 is 0 Å². The molecule has 1 fully saturated rings. The van der Waals surface area contributed by atoms with Crippen LogP contribution in [-0.4, -0.2) is 168 Å². The minimum atomic E-state index is -1.37. The topological polar surface area (TPSA) is 344 Å². The van der Waals surface area contributed by atoms with E-state index in [0.29, 0.717) is 24.5 Å². The van der Waals surface area contributed by atoms with Gasteiger partial charge in [0.25, 0.3) is 11.5 Å². The van der Waals surface area contributed by atoms with Gasteiger partial charge in [0.05, 0.1) is 31.5 Å². The van der Waals surface area contributed by atoms with Crippen LogP contribution in [0.15, 0.2) is 35.3 Å². The van der Waals surface area contributed by atoms with Crippen LogP contribution in [0.25, 0.3) is 11.2 Å². The van der Waals surface area contributed by atoms with Crippen LogP contribution in [0.2, 0.25) is 0 Å². The number of aliphatic carboxylic acids is 4. The number of nitrogens with one attached hydrogen (secondary N) is 4. The zero-order valence-electron chi connectivity index (χ0n) is 32.7. The summed E-state index contributed by atoms with van der Waals surface area (Å²) in [6, 6.07) is 3.69. The number of carbonyl (C=O) groups excluding carboxylic acids is 3. The number of H-pyrrole nitrogens is 1. The van der Waals surface area contributed by atoms with E-state index in [4.69, 9.17) is 5.73 Å². The second kappa shape index (κ2) is 22.5. The number of aromatic nitrogens is 4. The molecule has 23 nitrogen and oxygen atoms in total. The molecule has 2 amide bonds. The van der Waals surface area contributed by atoms with Crippen molar-refractivity contribution in [2.45, 2.75) is 57.2 Å². The van der Waals surface area contributed by atoms with Crippen molar-refractivity contribution in [2.75, 3.05) is 70.0 Å². The standard InChI is InChI=1S/C37H49N11O12/c38-37-44-32-31(34(56)45-37)42-24(19-41-32)18-40-23-5-3-22(4-6-23)33(55)43-26(35(57)58)8-10-28(50)39-11-1-2-25(49)7-9-27(36(59)60)48-16-14-46(20-29(51)52)12-13-47(15-17-48)21-30(53)54/h3-6,19,26-27,40H,1-2,7-18,20-21H2,(H,39,50)(H,43,55)(H,51,52)(H,53,54)(H,57,58)(H,59,60)(H3,38,41,44,45,56)/t26-,27?/m0/s1. The molecule has 3 aromatic rings. The number of carboxylic acid groups (broad SMARTS) is 4. The number of fused-ring (bicyclic) bond motifs is 1. The molecule has 1 aromatic carbocycles. The van der Waals surface area contributed by atoms with E-state index in [1.54, 1.807) is 26.8 Å². The molecule has 324 valence electrons. The minimum Gasteiger partial charge on any atom is -0.480 e. The highest BCUT2D eigenvalue weighted by molar-refractivity contribution is 5.97. The molecule has 0 saturated carbocycles. The quantitative estimate of drug-likeness (QED) is 0.0529. The Bertz CT molecular complexity index is 2050. The van der Waals surface area contributed by atoms with E-state index in [0.717, 1.165) is 0 Å². The number of ketones is 1. The van der Waals surface area contributed by atoms with E-state index in [9.17, 15) is 58.8 Å². The fourth-order valence-electron chi connectivity index (χ4n) is 6.42. The van der Waals surface area contributed by atoms with Crippen molar-refractivity contribution < 1.29 is 54.0 Å². The Morgan fingerprint density at radius 3 is 2.03 bits per heavy atom. The molecule has 1 aliphatic rings. The summed E-state index contributed by atoms with van der Waals surface area (Å²) in [5.74, 6) is -6.12. The first-order valence-corrected chi connectivity index (χ1v) is 19.1. The lowest BCUT2D eigenvalue weighted by molar-refractivity contribution is -0.145. The van der Waals surface area contributed by atoms with Crippen LogP contribution in [0.4, 0.5) is 11.6 Å². The number of benzene rings is 1. The Morgan fingerprint density at radius 1 is 0.800 bits per heavy atom. The number of anilines is 2. The number of Topliss-reactive ketones (excluding diaryl/α,β-unsaturated/α-hetero) is 1. The second-order valence-electron chi connectivity index (χ2n) is 14.1. The molecule has 0 spiro atoms. The fourth-order valence-corrected chi connectivity index (χ4v) is 6.42. The summed E-state index contributed by atoms with van der Waals surface area (Å²) < 4.78 is 0. The molecule has 60 heavy (non-hydrogen) atoms. The summed E-state index contributed by atoms with van der Waals surface area (Å²) in [6.45, 7) is 1.17. The Labute approximate surface area is 342 Å². The number of hydrogen-bond acceptors (Lipinski definition) is 16. The van der Waals surface area contributed by atoms with Crippen molar-refractivity contribution in [1.82, 2.24) is 45.3 Å². The van der Waals surface area contributed by atoms with E-state index in [-0.39, 0.29) is 119 Å². The van der Waals surface area contributed by atoms with Crippen molar-refractivity contribution in [3.63, 3.8) is 0 Å². The van der Waals surface area contributed by atoms with Crippen LogP contribution in [0.5, 0.6) is 0 Å². The van der Waals surface area contributed by atoms with Gasteiger partial charge in [-0.1, -0.05) is 0 Å². The van der Waals surface area contributed by atoms with Gasteiger partial charge in [-0.15, -0.1) is 0 Å². The van der Waals surface area contributed by atoms with Gasteiger partial charge in [-0.05, 0) is 43.5 Å². The third-order valence-corrected chi connectivity index (χ3v) is 9.60. The van der Waals surface area contributed by atoms with Crippen LogP contribution in [0, 0.1) is 0 Å². The number of nitrogen functional groups attached to an aromatic ring is 1. The summed E-state index contributed by atoms with van der Waals surface area (Å²) in [7, 11) is 0. The van der Waals surface area contributed by atoms with Crippen LogP contribution in [0.3, 0.4) is 0 Å². The highest BCUT2D eigenvalue weighted by atomic mass is 16.4. The highest BCUT2D eigenvalue weighted by Gasteiger charge is 2.29. The van der Waals surface area contributed by atoms with Crippen molar-refractivity contribution >= 4 is 64.3 Å². The number of carbonyl (C=O) groups is 7. The molecule has 0 bridgehead atoms. The lowest BCUT2D eigenvalue weighted by atomic mass is 10.0. The number of hydrogen-bond donors (Lipinski definition) is 9. The van der Waals surface area contributed by atoms with E-state index in [1.165, 1.54) is 18.3 Å².